The molecule has 3 heteroatoms. The molecule has 2 rings (SSSR count). The zero-order chi connectivity index (χ0) is 12.1. The molecule has 1 aromatic carbocycles. The van der Waals surface area contributed by atoms with Crippen LogP contribution in [0.5, 0.6) is 0 Å². The van der Waals surface area contributed by atoms with Gasteiger partial charge in [-0.05, 0) is 18.5 Å². The van der Waals surface area contributed by atoms with Crippen LogP contribution in [0, 0.1) is 0 Å². The molecule has 1 aliphatic rings. The van der Waals surface area contributed by atoms with Crippen LogP contribution in [0.4, 0.5) is 0 Å². The van der Waals surface area contributed by atoms with E-state index in [9.17, 15) is 4.79 Å². The molecular formula is C14H20N2O. The van der Waals surface area contributed by atoms with E-state index in [2.05, 4.69) is 34.9 Å². The third-order valence-corrected chi connectivity index (χ3v) is 3.38. The highest BCUT2D eigenvalue weighted by Crippen LogP contribution is 2.25. The molecule has 2 unspecified atom stereocenters. The van der Waals surface area contributed by atoms with Gasteiger partial charge in [0.1, 0.15) is 0 Å². The lowest BCUT2D eigenvalue weighted by molar-refractivity contribution is -0.121. The van der Waals surface area contributed by atoms with Gasteiger partial charge < -0.3 is 10.6 Å². The molecule has 1 aliphatic heterocycles. The summed E-state index contributed by atoms with van der Waals surface area (Å²) in [7, 11) is 0. The molecule has 1 saturated heterocycles. The minimum absolute atomic E-state index is 0.139. The van der Waals surface area contributed by atoms with E-state index in [4.69, 9.17) is 0 Å². The maximum atomic E-state index is 11.5. The Kier molecular flexibility index (Phi) is 4.15. The van der Waals surface area contributed by atoms with Crippen LogP contribution in [-0.2, 0) is 4.79 Å². The Morgan fingerprint density at radius 1 is 1.41 bits per heavy atom. The number of piperidine rings is 1. The van der Waals surface area contributed by atoms with E-state index in [1.54, 1.807) is 0 Å². The fourth-order valence-corrected chi connectivity index (χ4v) is 2.42. The van der Waals surface area contributed by atoms with Crippen LogP contribution in [0.2, 0.25) is 0 Å². The van der Waals surface area contributed by atoms with E-state index >= 15 is 0 Å². The molecule has 1 amide bonds. The van der Waals surface area contributed by atoms with Gasteiger partial charge in [-0.1, -0.05) is 37.3 Å². The summed E-state index contributed by atoms with van der Waals surface area (Å²) >= 11 is 0. The molecule has 1 heterocycles. The van der Waals surface area contributed by atoms with Crippen LogP contribution >= 0.6 is 0 Å². The quantitative estimate of drug-likeness (QED) is 0.832. The zero-order valence-corrected chi connectivity index (χ0v) is 10.3. The Hall–Kier alpha value is -1.35. The van der Waals surface area contributed by atoms with E-state index in [1.807, 2.05) is 13.0 Å². The van der Waals surface area contributed by atoms with Gasteiger partial charge in [-0.25, -0.2) is 0 Å². The average molecular weight is 232 g/mol. The second kappa shape index (κ2) is 5.82. The van der Waals surface area contributed by atoms with Gasteiger partial charge in [0.25, 0.3) is 0 Å². The number of carbonyl (C=O) groups excluding carboxylic acids is 1. The minimum Gasteiger partial charge on any atom is -0.351 e. The lowest BCUT2D eigenvalue weighted by atomic mass is 9.86. The van der Waals surface area contributed by atoms with Crippen molar-refractivity contribution < 1.29 is 4.79 Å². The van der Waals surface area contributed by atoms with Crippen LogP contribution in [0.25, 0.3) is 0 Å². The SMILES string of the molecule is CCC(=O)NC1CNCCC1c1ccccc1. The molecule has 1 aromatic rings. The van der Waals surface area contributed by atoms with E-state index < -0.39 is 0 Å². The first-order valence-electron chi connectivity index (χ1n) is 6.36. The summed E-state index contributed by atoms with van der Waals surface area (Å²) in [6.07, 6.45) is 1.64. The van der Waals surface area contributed by atoms with Crippen molar-refractivity contribution in [1.29, 1.82) is 0 Å². The number of nitrogens with one attached hydrogen (secondary N) is 2. The lowest BCUT2D eigenvalue weighted by Gasteiger charge is -2.33. The molecule has 0 spiro atoms. The monoisotopic (exact) mass is 232 g/mol. The van der Waals surface area contributed by atoms with Crippen molar-refractivity contribution in [1.82, 2.24) is 10.6 Å². The number of carbonyl (C=O) groups is 1. The normalized spacial score (nSPS) is 24.3. The Morgan fingerprint density at radius 2 is 2.18 bits per heavy atom. The topological polar surface area (TPSA) is 41.1 Å². The molecule has 0 aromatic heterocycles. The largest absolute Gasteiger partial charge is 0.351 e. The lowest BCUT2D eigenvalue weighted by Crippen LogP contribution is -2.49. The third-order valence-electron chi connectivity index (χ3n) is 3.38. The summed E-state index contributed by atoms with van der Waals surface area (Å²) < 4.78 is 0. The zero-order valence-electron chi connectivity index (χ0n) is 10.3. The molecule has 2 N–H and O–H groups in total. The van der Waals surface area contributed by atoms with Crippen molar-refractivity contribution in [3.8, 4) is 0 Å². The van der Waals surface area contributed by atoms with Gasteiger partial charge in [-0.3, -0.25) is 4.79 Å². The maximum absolute atomic E-state index is 11.5. The second-order valence-corrected chi connectivity index (χ2v) is 4.54. The molecule has 1 fully saturated rings. The van der Waals surface area contributed by atoms with Crippen LogP contribution in [0.15, 0.2) is 30.3 Å². The van der Waals surface area contributed by atoms with Gasteiger partial charge in [0.05, 0.1) is 0 Å². The van der Waals surface area contributed by atoms with E-state index in [1.165, 1.54) is 5.56 Å². The third kappa shape index (κ3) is 3.07. The fraction of sp³-hybridized carbons (Fsp3) is 0.500. The molecule has 92 valence electrons. The highest BCUT2D eigenvalue weighted by molar-refractivity contribution is 5.76. The molecule has 17 heavy (non-hydrogen) atoms. The van der Waals surface area contributed by atoms with Gasteiger partial charge in [0.2, 0.25) is 5.91 Å². The van der Waals surface area contributed by atoms with E-state index in [0.29, 0.717) is 12.3 Å². The number of amides is 1. The number of hydrogen-bond acceptors (Lipinski definition) is 2. The molecule has 3 nitrogen and oxygen atoms in total. The van der Waals surface area contributed by atoms with Crippen molar-refractivity contribution in [2.75, 3.05) is 13.1 Å². The molecule has 2 atom stereocenters. The van der Waals surface area contributed by atoms with Gasteiger partial charge in [0.15, 0.2) is 0 Å². The average Bonchev–Trinajstić information content (AvgIpc) is 2.40. The highest BCUT2D eigenvalue weighted by atomic mass is 16.1. The second-order valence-electron chi connectivity index (χ2n) is 4.54. The summed E-state index contributed by atoms with van der Waals surface area (Å²) in [4.78, 5) is 11.5. The van der Waals surface area contributed by atoms with Crippen molar-refractivity contribution in [2.24, 2.45) is 0 Å². The van der Waals surface area contributed by atoms with Gasteiger partial charge in [-0.2, -0.15) is 0 Å². The predicted octanol–water partition coefficient (Wildman–Crippen LogP) is 1.66. The Labute approximate surface area is 103 Å². The van der Waals surface area contributed by atoms with Crippen molar-refractivity contribution in [3.05, 3.63) is 35.9 Å². The van der Waals surface area contributed by atoms with Crippen LogP contribution in [0.1, 0.15) is 31.2 Å². The van der Waals surface area contributed by atoms with Crippen LogP contribution < -0.4 is 10.6 Å². The summed E-state index contributed by atoms with van der Waals surface area (Å²) in [5.74, 6) is 0.576. The predicted molar refractivity (Wildman–Crippen MR) is 68.9 cm³/mol. The first kappa shape index (κ1) is 12.1. The molecular weight excluding hydrogens is 212 g/mol. The van der Waals surface area contributed by atoms with E-state index in [0.717, 1.165) is 19.5 Å². The van der Waals surface area contributed by atoms with E-state index in [-0.39, 0.29) is 11.9 Å². The summed E-state index contributed by atoms with van der Waals surface area (Å²) in [5.41, 5.74) is 1.33. The summed E-state index contributed by atoms with van der Waals surface area (Å²) in [5, 5.41) is 6.46. The Morgan fingerprint density at radius 3 is 2.88 bits per heavy atom. The summed E-state index contributed by atoms with van der Waals surface area (Å²) in [6, 6.07) is 10.7. The fourth-order valence-electron chi connectivity index (χ4n) is 2.42. The van der Waals surface area contributed by atoms with Crippen molar-refractivity contribution in [3.63, 3.8) is 0 Å². The first-order chi connectivity index (χ1) is 8.31. The maximum Gasteiger partial charge on any atom is 0.219 e. The Bertz CT molecular complexity index is 364. The molecule has 0 aliphatic carbocycles. The molecule has 0 saturated carbocycles. The first-order valence-corrected chi connectivity index (χ1v) is 6.36. The summed E-state index contributed by atoms with van der Waals surface area (Å²) in [6.45, 7) is 3.78. The minimum atomic E-state index is 0.139. The molecule has 0 radical (unpaired) electrons. The highest BCUT2D eigenvalue weighted by Gasteiger charge is 2.26. The van der Waals surface area contributed by atoms with Crippen LogP contribution in [-0.4, -0.2) is 25.0 Å². The van der Waals surface area contributed by atoms with Crippen molar-refractivity contribution in [2.45, 2.75) is 31.7 Å². The van der Waals surface area contributed by atoms with Gasteiger partial charge >= 0.3 is 0 Å². The van der Waals surface area contributed by atoms with Gasteiger partial charge in [-0.15, -0.1) is 0 Å². The van der Waals surface area contributed by atoms with Crippen molar-refractivity contribution >= 4 is 5.91 Å². The number of benzene rings is 1. The van der Waals surface area contributed by atoms with Crippen LogP contribution in [0.3, 0.4) is 0 Å². The standard InChI is InChI=1S/C14H20N2O/c1-2-14(17)16-13-10-15-9-8-12(13)11-6-4-3-5-7-11/h3-7,12-13,15H,2,8-10H2,1H3,(H,16,17). The smallest absolute Gasteiger partial charge is 0.219 e. The molecule has 0 bridgehead atoms. The Balaban J connectivity index is 2.09. The van der Waals surface area contributed by atoms with Gasteiger partial charge in [0, 0.05) is 24.9 Å². The number of rotatable bonds is 3. The number of hydrogen-bond donors (Lipinski definition) is 2.